The average Bonchev–Trinajstić information content (AvgIpc) is 2.91. The quantitative estimate of drug-likeness (QED) is 0.689. The van der Waals surface area contributed by atoms with Gasteiger partial charge in [0.1, 0.15) is 0 Å². The summed E-state index contributed by atoms with van der Waals surface area (Å²) >= 11 is 2.00. The first-order valence-corrected chi connectivity index (χ1v) is 9.65. The first-order chi connectivity index (χ1) is 11.7. The molecule has 1 unspecified atom stereocenters. The van der Waals surface area contributed by atoms with E-state index in [0.717, 1.165) is 55.4 Å². The van der Waals surface area contributed by atoms with Crippen LogP contribution in [0.5, 0.6) is 0 Å². The van der Waals surface area contributed by atoms with Crippen LogP contribution in [0.25, 0.3) is 0 Å². The smallest absolute Gasteiger partial charge is 0.0914 e. The van der Waals surface area contributed by atoms with Crippen molar-refractivity contribution in [2.75, 3.05) is 44.7 Å². The fraction of sp³-hybridized carbons (Fsp3) is 0.474. The van der Waals surface area contributed by atoms with E-state index < -0.39 is 0 Å². The predicted molar refractivity (Wildman–Crippen MR) is 99.9 cm³/mol. The lowest BCUT2D eigenvalue weighted by Gasteiger charge is -2.39. The summed E-state index contributed by atoms with van der Waals surface area (Å²) in [6, 6.07) is 2.20. The normalized spacial score (nSPS) is 31.6. The predicted octanol–water partition coefficient (Wildman–Crippen LogP) is 2.60. The number of likely N-dealkylation sites (N-methyl/N-ethyl adjacent to an activating group) is 1. The molecule has 1 spiro atoms. The molecular formula is C19H22N4S. The number of hydrogen-bond acceptors (Lipinski definition) is 5. The Morgan fingerprint density at radius 3 is 2.88 bits per heavy atom. The van der Waals surface area contributed by atoms with E-state index in [0.29, 0.717) is 0 Å². The summed E-state index contributed by atoms with van der Waals surface area (Å²) in [5, 5.41) is 9.06. The zero-order chi connectivity index (χ0) is 16.6. The average molecular weight is 338 g/mol. The van der Waals surface area contributed by atoms with Crippen molar-refractivity contribution < 1.29 is 0 Å². The molecule has 1 atom stereocenters. The van der Waals surface area contributed by atoms with E-state index in [-0.39, 0.29) is 5.41 Å². The minimum Gasteiger partial charge on any atom is -0.369 e. The Morgan fingerprint density at radius 1 is 1.25 bits per heavy atom. The third-order valence-electron chi connectivity index (χ3n) is 5.47. The second kappa shape index (κ2) is 6.27. The lowest BCUT2D eigenvalue weighted by Crippen LogP contribution is -2.45. The van der Waals surface area contributed by atoms with Gasteiger partial charge in [-0.1, -0.05) is 6.08 Å². The maximum atomic E-state index is 9.06. The molecule has 4 nitrogen and oxygen atoms in total. The van der Waals surface area contributed by atoms with E-state index in [1.54, 1.807) is 6.08 Å². The molecule has 0 N–H and O–H groups in total. The largest absolute Gasteiger partial charge is 0.369 e. The molecule has 3 aliphatic heterocycles. The van der Waals surface area contributed by atoms with Crippen molar-refractivity contribution in [3.63, 3.8) is 0 Å². The van der Waals surface area contributed by atoms with Crippen molar-refractivity contribution in [2.24, 2.45) is 10.4 Å². The summed E-state index contributed by atoms with van der Waals surface area (Å²) < 4.78 is 0. The number of nitriles is 1. The van der Waals surface area contributed by atoms with Crippen molar-refractivity contribution in [2.45, 2.75) is 6.42 Å². The molecule has 0 radical (unpaired) electrons. The number of hydrogen-bond donors (Lipinski definition) is 0. The molecule has 0 saturated carbocycles. The zero-order valence-corrected chi connectivity index (χ0v) is 14.9. The Hall–Kier alpha value is -1.77. The minimum atomic E-state index is -0.0235. The molecule has 0 bridgehead atoms. The standard InChI is InChI=1S/C19H22N4S/c1-22-8-10-23(11-9-22)17-5-7-21-18-3-2-15(4-6-20)12-19(18)14-24-13-16(17)19/h2-5,7H,8-14H2,1H3/b15-4-. The van der Waals surface area contributed by atoms with Crippen LogP contribution in [0.1, 0.15) is 6.42 Å². The van der Waals surface area contributed by atoms with Gasteiger partial charge in [0.25, 0.3) is 0 Å². The Morgan fingerprint density at radius 2 is 2.08 bits per heavy atom. The Labute approximate surface area is 147 Å². The molecular weight excluding hydrogens is 316 g/mol. The van der Waals surface area contributed by atoms with E-state index >= 15 is 0 Å². The van der Waals surface area contributed by atoms with E-state index in [1.807, 2.05) is 18.0 Å². The number of aliphatic imine (C=N–C) groups is 1. The van der Waals surface area contributed by atoms with Crippen LogP contribution in [-0.4, -0.2) is 60.2 Å². The van der Waals surface area contributed by atoms with E-state index in [2.05, 4.69) is 41.1 Å². The molecule has 2 saturated heterocycles. The van der Waals surface area contributed by atoms with Gasteiger partial charge < -0.3 is 9.80 Å². The van der Waals surface area contributed by atoms with Crippen LogP contribution in [0, 0.1) is 16.7 Å². The first-order valence-electron chi connectivity index (χ1n) is 8.49. The second-order valence-corrected chi connectivity index (χ2v) is 7.90. The SMILES string of the molecule is CN1CCN(C2=C3CSCC34C/C(=C\C#N)C=CC4=NC=C2)CC1. The van der Waals surface area contributed by atoms with Gasteiger partial charge in [-0.2, -0.15) is 17.0 Å². The maximum absolute atomic E-state index is 9.06. The molecule has 0 amide bonds. The fourth-order valence-corrected chi connectivity index (χ4v) is 5.59. The molecule has 3 heterocycles. The molecule has 4 aliphatic rings. The van der Waals surface area contributed by atoms with Gasteiger partial charge in [-0.3, -0.25) is 4.99 Å². The molecule has 124 valence electrons. The van der Waals surface area contributed by atoms with Gasteiger partial charge in [-0.15, -0.1) is 0 Å². The lowest BCUT2D eigenvalue weighted by molar-refractivity contribution is 0.188. The summed E-state index contributed by atoms with van der Waals surface area (Å²) in [5.41, 5.74) is 5.15. The highest BCUT2D eigenvalue weighted by molar-refractivity contribution is 7.99. The Bertz CT molecular complexity index is 729. The molecule has 0 aromatic rings. The summed E-state index contributed by atoms with van der Waals surface area (Å²) in [6.07, 6.45) is 11.0. The monoisotopic (exact) mass is 338 g/mol. The summed E-state index contributed by atoms with van der Waals surface area (Å²) in [4.78, 5) is 9.70. The van der Waals surface area contributed by atoms with Gasteiger partial charge in [0, 0.05) is 61.1 Å². The Kier molecular flexibility index (Phi) is 4.11. The van der Waals surface area contributed by atoms with Crippen LogP contribution in [0.15, 0.2) is 52.3 Å². The minimum absolute atomic E-state index is 0.0235. The zero-order valence-electron chi connectivity index (χ0n) is 14.0. The number of thioether (sulfide) groups is 1. The fourth-order valence-electron chi connectivity index (χ4n) is 4.08. The molecule has 4 rings (SSSR count). The van der Waals surface area contributed by atoms with Crippen LogP contribution in [-0.2, 0) is 0 Å². The molecule has 2 fully saturated rings. The van der Waals surface area contributed by atoms with Crippen molar-refractivity contribution >= 4 is 17.5 Å². The van der Waals surface area contributed by atoms with E-state index in [9.17, 15) is 0 Å². The number of rotatable bonds is 1. The highest BCUT2D eigenvalue weighted by atomic mass is 32.2. The second-order valence-electron chi connectivity index (χ2n) is 6.92. The Balaban J connectivity index is 1.77. The molecule has 1 aliphatic carbocycles. The van der Waals surface area contributed by atoms with E-state index in [1.165, 1.54) is 11.3 Å². The third-order valence-corrected chi connectivity index (χ3v) is 6.66. The summed E-state index contributed by atoms with van der Waals surface area (Å²) in [5.74, 6) is 2.13. The van der Waals surface area contributed by atoms with Crippen LogP contribution in [0.2, 0.25) is 0 Å². The molecule has 24 heavy (non-hydrogen) atoms. The number of piperazine rings is 1. The van der Waals surface area contributed by atoms with Gasteiger partial charge in [0.2, 0.25) is 0 Å². The molecule has 0 aromatic carbocycles. The summed E-state index contributed by atoms with van der Waals surface area (Å²) in [7, 11) is 2.19. The van der Waals surface area contributed by atoms with Crippen LogP contribution in [0.3, 0.4) is 0 Å². The van der Waals surface area contributed by atoms with Crippen LogP contribution >= 0.6 is 11.8 Å². The van der Waals surface area contributed by atoms with Gasteiger partial charge in [0.15, 0.2) is 0 Å². The van der Waals surface area contributed by atoms with Crippen molar-refractivity contribution in [1.82, 2.24) is 9.80 Å². The topological polar surface area (TPSA) is 42.6 Å². The first kappa shape index (κ1) is 15.7. The highest BCUT2D eigenvalue weighted by Gasteiger charge is 2.46. The number of allylic oxidation sites excluding steroid dienone is 5. The summed E-state index contributed by atoms with van der Waals surface area (Å²) in [6.45, 7) is 4.37. The van der Waals surface area contributed by atoms with Gasteiger partial charge >= 0.3 is 0 Å². The van der Waals surface area contributed by atoms with Gasteiger partial charge in [-0.05, 0) is 36.8 Å². The van der Waals surface area contributed by atoms with Crippen molar-refractivity contribution in [1.29, 1.82) is 5.26 Å². The lowest BCUT2D eigenvalue weighted by atomic mass is 9.70. The van der Waals surface area contributed by atoms with Crippen LogP contribution < -0.4 is 0 Å². The van der Waals surface area contributed by atoms with Gasteiger partial charge in [-0.25, -0.2) is 0 Å². The van der Waals surface area contributed by atoms with E-state index in [4.69, 9.17) is 10.3 Å². The van der Waals surface area contributed by atoms with Crippen molar-refractivity contribution in [3.8, 4) is 6.07 Å². The number of nitrogens with zero attached hydrogens (tertiary/aromatic N) is 4. The van der Waals surface area contributed by atoms with Crippen molar-refractivity contribution in [3.05, 3.63) is 47.3 Å². The third kappa shape index (κ3) is 2.54. The molecule has 0 aromatic heterocycles. The molecule has 5 heteroatoms. The van der Waals surface area contributed by atoms with Crippen LogP contribution in [0.4, 0.5) is 0 Å². The van der Waals surface area contributed by atoms with Gasteiger partial charge in [0.05, 0.1) is 11.8 Å². The highest BCUT2D eigenvalue weighted by Crippen LogP contribution is 2.51. The maximum Gasteiger partial charge on any atom is 0.0914 e.